The van der Waals surface area contributed by atoms with Crippen molar-refractivity contribution in [2.75, 3.05) is 0 Å². The van der Waals surface area contributed by atoms with E-state index in [1.165, 1.54) is 22.5 Å². The molecule has 0 atom stereocenters. The summed E-state index contributed by atoms with van der Waals surface area (Å²) in [4.78, 5) is 0. The van der Waals surface area contributed by atoms with Gasteiger partial charge in [0, 0.05) is 17.2 Å². The summed E-state index contributed by atoms with van der Waals surface area (Å²) in [6, 6.07) is 23.2. The third-order valence-electron chi connectivity index (χ3n) is 3.56. The summed E-state index contributed by atoms with van der Waals surface area (Å²) in [6.45, 7) is 0. The van der Waals surface area contributed by atoms with Gasteiger partial charge in [0.2, 0.25) is 5.69 Å². The van der Waals surface area contributed by atoms with Crippen LogP contribution < -0.4 is 23.3 Å². The van der Waals surface area contributed by atoms with Crippen molar-refractivity contribution in [1.29, 1.82) is 0 Å². The topological polar surface area (TPSA) is 101 Å². The predicted molar refractivity (Wildman–Crippen MR) is 77.5 cm³/mol. The molecule has 0 amide bonds. The summed E-state index contributed by atoms with van der Waals surface area (Å²) >= 11 is 0. The highest BCUT2D eigenvalue weighted by Crippen LogP contribution is 2.23. The molecule has 3 rings (SSSR count). The smallest absolute Gasteiger partial charge is 0.222 e. The van der Waals surface area contributed by atoms with Crippen LogP contribution >= 0.6 is 0 Å². The minimum atomic E-state index is -4.94. The Bertz CT molecular complexity index is 718. The molecule has 0 bridgehead atoms. The molecule has 0 saturated heterocycles. The van der Waals surface area contributed by atoms with Crippen LogP contribution in [0.5, 0.6) is 0 Å². The number of aromatic nitrogens is 2. The molecule has 0 N–H and O–H groups in total. The quantitative estimate of drug-likeness (QED) is 0.522. The zero-order valence-corrected chi connectivity index (χ0v) is 14.0. The van der Waals surface area contributed by atoms with Crippen LogP contribution in [0.25, 0.3) is 22.5 Å². The zero-order chi connectivity index (χ0) is 17.7. The van der Waals surface area contributed by atoms with Gasteiger partial charge in [0.05, 0.1) is 7.05 Å². The Balaban J connectivity index is 0.000000368. The van der Waals surface area contributed by atoms with Crippen molar-refractivity contribution in [3.8, 4) is 22.5 Å². The molecule has 7 heteroatoms. The third kappa shape index (κ3) is 4.89. The van der Waals surface area contributed by atoms with Crippen LogP contribution in [0, 0.1) is 10.2 Å². The highest BCUT2D eigenvalue weighted by atomic mass is 35.7. The second kappa shape index (κ2) is 7.57. The maximum absolute atomic E-state index is 8.49. The lowest BCUT2D eigenvalue weighted by atomic mass is 10.1. The summed E-state index contributed by atoms with van der Waals surface area (Å²) in [6.07, 6.45) is 0. The van der Waals surface area contributed by atoms with Gasteiger partial charge in [-0.05, 0) is 12.1 Å². The minimum Gasteiger partial charge on any atom is -0.222 e. The van der Waals surface area contributed by atoms with E-state index in [4.69, 9.17) is 18.6 Å². The van der Waals surface area contributed by atoms with Crippen molar-refractivity contribution in [3.63, 3.8) is 0 Å². The molecule has 0 saturated carbocycles. The molecule has 0 radical (unpaired) electrons. The molecular weight excluding hydrogens is 332 g/mol. The Kier molecular flexibility index (Phi) is 5.71. The first-order valence-electron chi connectivity index (χ1n) is 7.06. The van der Waals surface area contributed by atoms with Gasteiger partial charge in [-0.3, -0.25) is 0 Å². The lowest BCUT2D eigenvalue weighted by Crippen LogP contribution is -2.68. The SMILES string of the molecule is Cn1c(-c2ccccc2)cc(-c2ccccc2)[n+]1C.[O-][Cl+3]([O-])([O-])[O-]. The highest BCUT2D eigenvalue weighted by Gasteiger charge is 2.19. The fraction of sp³-hybridized carbons (Fsp3) is 0.118. The third-order valence-corrected chi connectivity index (χ3v) is 3.56. The van der Waals surface area contributed by atoms with Crippen molar-refractivity contribution in [1.82, 2.24) is 4.68 Å². The maximum Gasteiger partial charge on any atom is 0.238 e. The molecule has 0 fully saturated rings. The maximum atomic E-state index is 8.49. The van der Waals surface area contributed by atoms with E-state index >= 15 is 0 Å². The van der Waals surface area contributed by atoms with Gasteiger partial charge >= 0.3 is 0 Å². The van der Waals surface area contributed by atoms with E-state index < -0.39 is 10.2 Å². The minimum absolute atomic E-state index is 1.22. The fourth-order valence-corrected chi connectivity index (χ4v) is 2.40. The van der Waals surface area contributed by atoms with E-state index in [-0.39, 0.29) is 0 Å². The fourth-order valence-electron chi connectivity index (χ4n) is 2.40. The van der Waals surface area contributed by atoms with Crippen LogP contribution in [-0.2, 0) is 14.1 Å². The Morgan fingerprint density at radius 1 is 0.792 bits per heavy atom. The van der Waals surface area contributed by atoms with Crippen molar-refractivity contribution in [2.24, 2.45) is 14.1 Å². The van der Waals surface area contributed by atoms with Gasteiger partial charge < -0.3 is 0 Å². The summed E-state index contributed by atoms with van der Waals surface area (Å²) in [5, 5.41) is 0. The zero-order valence-electron chi connectivity index (χ0n) is 13.3. The van der Waals surface area contributed by atoms with Crippen LogP contribution in [0.15, 0.2) is 66.7 Å². The van der Waals surface area contributed by atoms with Crippen LogP contribution in [0.1, 0.15) is 0 Å². The van der Waals surface area contributed by atoms with Gasteiger partial charge in [-0.1, -0.05) is 48.5 Å². The number of nitrogens with zero attached hydrogens (tertiary/aromatic N) is 2. The molecule has 1 aromatic heterocycles. The molecule has 6 nitrogen and oxygen atoms in total. The Morgan fingerprint density at radius 2 is 1.21 bits per heavy atom. The van der Waals surface area contributed by atoms with E-state index in [2.05, 4.69) is 78.1 Å². The van der Waals surface area contributed by atoms with Crippen molar-refractivity contribution < 1.29 is 33.6 Å². The van der Waals surface area contributed by atoms with Gasteiger partial charge in [-0.15, -0.1) is 14.9 Å². The summed E-state index contributed by atoms with van der Waals surface area (Å²) in [5.74, 6) is 0. The largest absolute Gasteiger partial charge is 0.238 e. The second-order valence-electron chi connectivity index (χ2n) is 5.07. The van der Waals surface area contributed by atoms with E-state index in [9.17, 15) is 0 Å². The van der Waals surface area contributed by atoms with E-state index in [0.717, 1.165) is 0 Å². The van der Waals surface area contributed by atoms with Crippen LogP contribution in [0.2, 0.25) is 0 Å². The summed E-state index contributed by atoms with van der Waals surface area (Å²) in [5.41, 5.74) is 4.93. The summed E-state index contributed by atoms with van der Waals surface area (Å²) < 4.78 is 38.3. The monoisotopic (exact) mass is 348 g/mol. The van der Waals surface area contributed by atoms with E-state index in [0.29, 0.717) is 0 Å². The number of rotatable bonds is 2. The first kappa shape index (κ1) is 18.1. The van der Waals surface area contributed by atoms with Crippen molar-refractivity contribution in [2.45, 2.75) is 0 Å². The molecule has 0 spiro atoms. The van der Waals surface area contributed by atoms with Crippen LogP contribution in [-0.4, -0.2) is 4.68 Å². The lowest BCUT2D eigenvalue weighted by Gasteiger charge is -2.17. The molecule has 0 aliphatic heterocycles. The van der Waals surface area contributed by atoms with Crippen LogP contribution in [0.4, 0.5) is 0 Å². The molecule has 24 heavy (non-hydrogen) atoms. The van der Waals surface area contributed by atoms with Gasteiger partial charge in [0.25, 0.3) is 0 Å². The van der Waals surface area contributed by atoms with Gasteiger partial charge in [0.15, 0.2) is 7.05 Å². The predicted octanol–water partition coefficient (Wildman–Crippen LogP) is -1.57. The highest BCUT2D eigenvalue weighted by molar-refractivity contribution is 5.66. The summed E-state index contributed by atoms with van der Waals surface area (Å²) in [7, 11) is -0.760. The van der Waals surface area contributed by atoms with Crippen molar-refractivity contribution in [3.05, 3.63) is 66.7 Å². The Labute approximate surface area is 142 Å². The average molecular weight is 349 g/mol. The van der Waals surface area contributed by atoms with E-state index in [1.807, 2.05) is 12.1 Å². The number of hydrogen-bond donors (Lipinski definition) is 0. The molecule has 3 aromatic rings. The van der Waals surface area contributed by atoms with Crippen molar-refractivity contribution >= 4 is 0 Å². The molecule has 126 valence electrons. The average Bonchev–Trinajstić information content (AvgIpc) is 2.84. The second-order valence-corrected chi connectivity index (χ2v) is 5.83. The molecule has 0 aliphatic rings. The molecule has 0 unspecified atom stereocenters. The standard InChI is InChI=1S/C17H17N2.ClHO4/c1-18-16(14-9-5-3-6-10-14)13-17(19(18)2)15-11-7-4-8-12-15;2-1(3,4)5/h3-13H,1-2H3;(H,2,3,4,5)/q+1;/p-1. The normalized spacial score (nSPS) is 10.9. The molecule has 0 aliphatic carbocycles. The van der Waals surface area contributed by atoms with E-state index in [1.54, 1.807) is 0 Å². The first-order valence-corrected chi connectivity index (χ1v) is 8.29. The number of hydrogen-bond acceptors (Lipinski definition) is 4. The first-order chi connectivity index (χ1) is 11.3. The van der Waals surface area contributed by atoms with Crippen LogP contribution in [0.3, 0.4) is 0 Å². The molecular formula is C17H17ClN2O4. The van der Waals surface area contributed by atoms with Gasteiger partial charge in [-0.2, -0.15) is 4.68 Å². The lowest BCUT2D eigenvalue weighted by molar-refractivity contribution is -2.00. The van der Waals surface area contributed by atoms with Gasteiger partial charge in [-0.25, -0.2) is 18.6 Å². The molecule has 2 aromatic carbocycles. The van der Waals surface area contributed by atoms with Gasteiger partial charge in [0.1, 0.15) is 5.69 Å². The Hall–Kier alpha value is -2.22. The number of benzene rings is 2. The Morgan fingerprint density at radius 3 is 1.67 bits per heavy atom. The number of halogens is 1. The molecule has 1 heterocycles.